The zero-order chi connectivity index (χ0) is 14.3. The highest BCUT2D eigenvalue weighted by Gasteiger charge is 2.42. The summed E-state index contributed by atoms with van der Waals surface area (Å²) in [6.07, 6.45) is 0. The predicted octanol–water partition coefficient (Wildman–Crippen LogP) is 1.53. The van der Waals surface area contributed by atoms with Crippen molar-refractivity contribution >= 4 is 11.6 Å². The Bertz CT molecular complexity index is 711. The molecule has 3 rings (SSSR count). The Balaban J connectivity index is 2.10. The highest BCUT2D eigenvalue weighted by atomic mass is 16.6. The van der Waals surface area contributed by atoms with Crippen LogP contribution in [0, 0.1) is 10.1 Å². The second-order valence-electron chi connectivity index (χ2n) is 4.51. The van der Waals surface area contributed by atoms with E-state index >= 15 is 0 Å². The standard InChI is InChI=1S/C14H10N2O4/c17-13-11-3-1-2-4-12(11)14(18,15-13)9-5-7-10(8-6-9)16(19)20/h1-8,18H,(H,15,17)/t14-/m0/s1. The number of aliphatic hydroxyl groups is 1. The van der Waals surface area contributed by atoms with E-state index in [2.05, 4.69) is 5.32 Å². The highest BCUT2D eigenvalue weighted by Crippen LogP contribution is 2.35. The summed E-state index contributed by atoms with van der Waals surface area (Å²) in [6.45, 7) is 0. The van der Waals surface area contributed by atoms with E-state index in [1.54, 1.807) is 24.3 Å². The molecule has 100 valence electrons. The number of nitro benzene ring substituents is 1. The molecule has 1 aliphatic heterocycles. The van der Waals surface area contributed by atoms with Crippen LogP contribution >= 0.6 is 0 Å². The average molecular weight is 270 g/mol. The minimum absolute atomic E-state index is 0.0741. The van der Waals surface area contributed by atoms with Gasteiger partial charge in [0.05, 0.1) is 4.92 Å². The number of nitro groups is 1. The van der Waals surface area contributed by atoms with Gasteiger partial charge in [0, 0.05) is 28.8 Å². The van der Waals surface area contributed by atoms with Gasteiger partial charge in [0.25, 0.3) is 11.6 Å². The molecule has 2 aromatic carbocycles. The van der Waals surface area contributed by atoms with Gasteiger partial charge < -0.3 is 10.4 Å². The third kappa shape index (κ3) is 1.66. The first-order valence-electron chi connectivity index (χ1n) is 5.92. The van der Waals surface area contributed by atoms with E-state index in [0.29, 0.717) is 16.7 Å². The van der Waals surface area contributed by atoms with Crippen LogP contribution in [-0.2, 0) is 5.72 Å². The molecule has 1 amide bonds. The van der Waals surface area contributed by atoms with Crippen molar-refractivity contribution in [3.63, 3.8) is 0 Å². The van der Waals surface area contributed by atoms with E-state index < -0.39 is 10.6 Å². The van der Waals surface area contributed by atoms with Crippen LogP contribution in [0.2, 0.25) is 0 Å². The maximum Gasteiger partial charge on any atom is 0.269 e. The lowest BCUT2D eigenvalue weighted by atomic mass is 9.94. The fourth-order valence-corrected chi connectivity index (χ4v) is 2.35. The fourth-order valence-electron chi connectivity index (χ4n) is 2.35. The zero-order valence-corrected chi connectivity index (χ0v) is 10.2. The lowest BCUT2D eigenvalue weighted by Gasteiger charge is -2.24. The van der Waals surface area contributed by atoms with Crippen LogP contribution in [0.25, 0.3) is 0 Å². The Morgan fingerprint density at radius 3 is 2.40 bits per heavy atom. The van der Waals surface area contributed by atoms with Crippen LogP contribution in [0.4, 0.5) is 5.69 Å². The highest BCUT2D eigenvalue weighted by molar-refractivity contribution is 6.00. The van der Waals surface area contributed by atoms with Crippen LogP contribution in [0.15, 0.2) is 48.5 Å². The number of amides is 1. The van der Waals surface area contributed by atoms with Gasteiger partial charge in [-0.3, -0.25) is 14.9 Å². The minimum atomic E-state index is -1.65. The molecule has 0 saturated carbocycles. The molecule has 0 radical (unpaired) electrons. The monoisotopic (exact) mass is 270 g/mol. The molecule has 0 aromatic heterocycles. The number of non-ortho nitro benzene ring substituents is 1. The van der Waals surface area contributed by atoms with E-state index in [-0.39, 0.29) is 11.6 Å². The van der Waals surface area contributed by atoms with Gasteiger partial charge >= 0.3 is 0 Å². The molecule has 2 aromatic rings. The van der Waals surface area contributed by atoms with Gasteiger partial charge in [-0.05, 0) is 18.2 Å². The van der Waals surface area contributed by atoms with Crippen LogP contribution in [0.5, 0.6) is 0 Å². The molecule has 0 unspecified atom stereocenters. The Kier molecular flexibility index (Phi) is 2.55. The SMILES string of the molecule is O=C1N[C@](O)(c2ccc([N+](=O)[O-])cc2)c2ccccc21. The summed E-state index contributed by atoms with van der Waals surface area (Å²) in [5, 5.41) is 23.9. The number of benzene rings is 2. The number of nitrogens with one attached hydrogen (secondary N) is 1. The minimum Gasteiger partial charge on any atom is -0.363 e. The number of hydrogen-bond acceptors (Lipinski definition) is 4. The van der Waals surface area contributed by atoms with Gasteiger partial charge in [0.2, 0.25) is 0 Å². The van der Waals surface area contributed by atoms with Crippen LogP contribution in [0.1, 0.15) is 21.5 Å². The second-order valence-corrected chi connectivity index (χ2v) is 4.51. The van der Waals surface area contributed by atoms with Crippen LogP contribution in [0.3, 0.4) is 0 Å². The molecular weight excluding hydrogens is 260 g/mol. The largest absolute Gasteiger partial charge is 0.363 e. The number of fused-ring (bicyclic) bond motifs is 1. The fraction of sp³-hybridized carbons (Fsp3) is 0.0714. The third-order valence-corrected chi connectivity index (χ3v) is 3.35. The van der Waals surface area contributed by atoms with E-state index in [0.717, 1.165) is 0 Å². The molecule has 0 spiro atoms. The van der Waals surface area contributed by atoms with Gasteiger partial charge in [0.1, 0.15) is 0 Å². The lowest BCUT2D eigenvalue weighted by Crippen LogP contribution is -2.40. The average Bonchev–Trinajstić information content (AvgIpc) is 2.72. The second kappa shape index (κ2) is 4.14. The number of nitrogens with zero attached hydrogens (tertiary/aromatic N) is 1. The normalized spacial score (nSPS) is 20.4. The third-order valence-electron chi connectivity index (χ3n) is 3.35. The molecule has 6 nitrogen and oxygen atoms in total. The maximum absolute atomic E-state index is 11.9. The summed E-state index contributed by atoms with van der Waals surface area (Å²) in [6, 6.07) is 12.1. The van der Waals surface area contributed by atoms with Gasteiger partial charge in [-0.2, -0.15) is 0 Å². The van der Waals surface area contributed by atoms with Gasteiger partial charge in [-0.1, -0.05) is 18.2 Å². The molecule has 1 heterocycles. The molecule has 2 N–H and O–H groups in total. The van der Waals surface area contributed by atoms with Crippen molar-refractivity contribution in [3.8, 4) is 0 Å². The molecule has 0 saturated heterocycles. The van der Waals surface area contributed by atoms with E-state index in [1.165, 1.54) is 24.3 Å². The topological polar surface area (TPSA) is 92.5 Å². The van der Waals surface area contributed by atoms with Gasteiger partial charge in [-0.25, -0.2) is 0 Å². The Morgan fingerprint density at radius 1 is 1.10 bits per heavy atom. The number of rotatable bonds is 2. The first kappa shape index (κ1) is 12.3. The molecule has 0 bridgehead atoms. The smallest absolute Gasteiger partial charge is 0.269 e. The van der Waals surface area contributed by atoms with Crippen molar-refractivity contribution in [2.24, 2.45) is 0 Å². The molecule has 20 heavy (non-hydrogen) atoms. The summed E-state index contributed by atoms with van der Waals surface area (Å²) in [5.41, 5.74) is -0.508. The quantitative estimate of drug-likeness (QED) is 0.639. The van der Waals surface area contributed by atoms with Crippen LogP contribution in [-0.4, -0.2) is 15.9 Å². The summed E-state index contributed by atoms with van der Waals surface area (Å²) in [5.74, 6) is -0.374. The van der Waals surface area contributed by atoms with Gasteiger partial charge in [-0.15, -0.1) is 0 Å². The van der Waals surface area contributed by atoms with Crippen LogP contribution < -0.4 is 5.32 Å². The molecule has 0 aliphatic carbocycles. The van der Waals surface area contributed by atoms with Crippen molar-refractivity contribution in [2.75, 3.05) is 0 Å². The summed E-state index contributed by atoms with van der Waals surface area (Å²) < 4.78 is 0. The molecule has 1 aliphatic rings. The van der Waals surface area contributed by atoms with E-state index in [9.17, 15) is 20.0 Å². The van der Waals surface area contributed by atoms with E-state index in [1.807, 2.05) is 0 Å². The number of carbonyl (C=O) groups excluding carboxylic acids is 1. The molecule has 6 heteroatoms. The van der Waals surface area contributed by atoms with Gasteiger partial charge in [0.15, 0.2) is 5.72 Å². The first-order chi connectivity index (χ1) is 9.52. The van der Waals surface area contributed by atoms with Crippen molar-refractivity contribution in [1.82, 2.24) is 5.32 Å². The van der Waals surface area contributed by atoms with Crippen molar-refractivity contribution in [3.05, 3.63) is 75.3 Å². The summed E-state index contributed by atoms with van der Waals surface area (Å²) in [7, 11) is 0. The Morgan fingerprint density at radius 2 is 1.75 bits per heavy atom. The van der Waals surface area contributed by atoms with Crippen molar-refractivity contribution < 1.29 is 14.8 Å². The number of hydrogen-bond donors (Lipinski definition) is 2. The Labute approximate surface area is 113 Å². The maximum atomic E-state index is 11.9. The van der Waals surface area contributed by atoms with E-state index in [4.69, 9.17) is 0 Å². The molecule has 0 fully saturated rings. The lowest BCUT2D eigenvalue weighted by molar-refractivity contribution is -0.384. The van der Waals surface area contributed by atoms with Crippen molar-refractivity contribution in [2.45, 2.75) is 5.72 Å². The molecular formula is C14H10N2O4. The summed E-state index contributed by atoms with van der Waals surface area (Å²) >= 11 is 0. The predicted molar refractivity (Wildman–Crippen MR) is 70.0 cm³/mol. The Hall–Kier alpha value is -2.73. The molecule has 1 atom stereocenters. The first-order valence-corrected chi connectivity index (χ1v) is 5.92. The zero-order valence-electron chi connectivity index (χ0n) is 10.2. The van der Waals surface area contributed by atoms with Crippen molar-refractivity contribution in [1.29, 1.82) is 0 Å². The number of carbonyl (C=O) groups is 1. The summed E-state index contributed by atoms with van der Waals surface area (Å²) in [4.78, 5) is 22.0.